The molecule has 0 fully saturated rings. The average molecular weight is 262 g/mol. The number of rotatable bonds is 1. The van der Waals surface area contributed by atoms with Crippen LogP contribution < -0.4 is 0 Å². The number of hydrogen-bond donors (Lipinski definition) is 1. The van der Waals surface area contributed by atoms with Gasteiger partial charge in [0.05, 0.1) is 15.6 Å². The fourth-order valence-corrected chi connectivity index (χ4v) is 2.30. The molecule has 0 saturated carbocycles. The van der Waals surface area contributed by atoms with Gasteiger partial charge in [-0.05, 0) is 19.1 Å². The van der Waals surface area contributed by atoms with Crippen molar-refractivity contribution in [2.24, 2.45) is 0 Å². The Morgan fingerprint density at radius 3 is 2.20 bits per heavy atom. The van der Waals surface area contributed by atoms with Crippen LogP contribution in [0.25, 0.3) is 11.4 Å². The number of nitrogens with zero attached hydrogens (tertiary/aromatic N) is 1. The van der Waals surface area contributed by atoms with E-state index in [0.29, 0.717) is 26.5 Å². The molecule has 0 aliphatic carbocycles. The van der Waals surface area contributed by atoms with Crippen LogP contribution in [0, 0.1) is 6.92 Å². The van der Waals surface area contributed by atoms with E-state index in [1.165, 1.54) is 0 Å². The molecule has 0 aliphatic heterocycles. The molecular formula is C10H7Cl3N2. The lowest BCUT2D eigenvalue weighted by atomic mass is 10.2. The lowest BCUT2D eigenvalue weighted by molar-refractivity contribution is 1.26. The van der Waals surface area contributed by atoms with Gasteiger partial charge in [-0.2, -0.15) is 0 Å². The monoisotopic (exact) mass is 260 g/mol. The highest BCUT2D eigenvalue weighted by Gasteiger charge is 2.12. The summed E-state index contributed by atoms with van der Waals surface area (Å²) in [6.07, 6.45) is 1.72. The van der Waals surface area contributed by atoms with Gasteiger partial charge in [0.1, 0.15) is 5.82 Å². The van der Waals surface area contributed by atoms with Gasteiger partial charge in [-0.3, -0.25) is 0 Å². The normalized spacial score (nSPS) is 10.7. The SMILES string of the molecule is Cc1cnc(-c2c(Cl)cc(Cl)cc2Cl)[nH]1. The van der Waals surface area contributed by atoms with Crippen LogP contribution in [0.1, 0.15) is 5.69 Å². The van der Waals surface area contributed by atoms with Crippen LogP contribution in [0.15, 0.2) is 18.3 Å². The van der Waals surface area contributed by atoms with Crippen LogP contribution >= 0.6 is 34.8 Å². The Morgan fingerprint density at radius 1 is 1.13 bits per heavy atom. The van der Waals surface area contributed by atoms with E-state index in [2.05, 4.69) is 9.97 Å². The maximum absolute atomic E-state index is 6.05. The van der Waals surface area contributed by atoms with Crippen molar-refractivity contribution in [1.82, 2.24) is 9.97 Å². The van der Waals surface area contributed by atoms with Gasteiger partial charge in [0.25, 0.3) is 0 Å². The van der Waals surface area contributed by atoms with Crippen LogP contribution in [-0.4, -0.2) is 9.97 Å². The molecule has 15 heavy (non-hydrogen) atoms. The van der Waals surface area contributed by atoms with Crippen molar-refractivity contribution < 1.29 is 0 Å². The van der Waals surface area contributed by atoms with E-state index in [1.54, 1.807) is 18.3 Å². The van der Waals surface area contributed by atoms with Crippen LogP contribution in [0.3, 0.4) is 0 Å². The summed E-state index contributed by atoms with van der Waals surface area (Å²) in [6.45, 7) is 1.91. The van der Waals surface area contributed by atoms with Crippen molar-refractivity contribution in [3.8, 4) is 11.4 Å². The van der Waals surface area contributed by atoms with Crippen molar-refractivity contribution >= 4 is 34.8 Å². The Morgan fingerprint density at radius 2 is 1.73 bits per heavy atom. The number of halogens is 3. The molecule has 0 amide bonds. The van der Waals surface area contributed by atoms with Crippen molar-refractivity contribution in [3.63, 3.8) is 0 Å². The van der Waals surface area contributed by atoms with E-state index in [0.717, 1.165) is 5.69 Å². The number of hydrogen-bond acceptors (Lipinski definition) is 1. The Labute approximate surface area is 102 Å². The van der Waals surface area contributed by atoms with Crippen LogP contribution in [-0.2, 0) is 0 Å². The summed E-state index contributed by atoms with van der Waals surface area (Å²) < 4.78 is 0. The summed E-state index contributed by atoms with van der Waals surface area (Å²) in [4.78, 5) is 7.24. The number of aryl methyl sites for hydroxylation is 1. The van der Waals surface area contributed by atoms with E-state index in [4.69, 9.17) is 34.8 Å². The van der Waals surface area contributed by atoms with Gasteiger partial charge < -0.3 is 4.98 Å². The molecule has 78 valence electrons. The van der Waals surface area contributed by atoms with Gasteiger partial charge in [0.2, 0.25) is 0 Å². The zero-order chi connectivity index (χ0) is 11.0. The van der Waals surface area contributed by atoms with Gasteiger partial charge in [-0.1, -0.05) is 34.8 Å². The fraction of sp³-hybridized carbons (Fsp3) is 0.100. The predicted molar refractivity (Wildman–Crippen MR) is 63.8 cm³/mol. The average Bonchev–Trinajstić information content (AvgIpc) is 2.49. The molecular weight excluding hydrogens is 254 g/mol. The standard InChI is InChI=1S/C10H7Cl3N2/c1-5-4-14-10(15-5)9-7(12)2-6(11)3-8(9)13/h2-4H,1H3,(H,14,15). The number of aromatic nitrogens is 2. The highest BCUT2D eigenvalue weighted by molar-refractivity contribution is 6.41. The summed E-state index contributed by atoms with van der Waals surface area (Å²) in [5.74, 6) is 0.652. The fourth-order valence-electron chi connectivity index (χ4n) is 1.31. The second kappa shape index (κ2) is 4.05. The molecule has 1 aromatic heterocycles. The number of H-pyrrole nitrogens is 1. The molecule has 5 heteroatoms. The van der Waals surface area contributed by atoms with E-state index < -0.39 is 0 Å². The first kappa shape index (κ1) is 10.8. The van der Waals surface area contributed by atoms with Gasteiger partial charge in [-0.25, -0.2) is 4.98 Å². The molecule has 2 aromatic rings. The van der Waals surface area contributed by atoms with Crippen molar-refractivity contribution in [2.45, 2.75) is 6.92 Å². The number of benzene rings is 1. The summed E-state index contributed by atoms with van der Waals surface area (Å²) in [5, 5.41) is 1.49. The second-order valence-electron chi connectivity index (χ2n) is 3.16. The summed E-state index contributed by atoms with van der Waals surface area (Å²) >= 11 is 17.9. The quantitative estimate of drug-likeness (QED) is 0.812. The van der Waals surface area contributed by atoms with E-state index in [1.807, 2.05) is 6.92 Å². The Balaban J connectivity index is 2.62. The van der Waals surface area contributed by atoms with E-state index in [-0.39, 0.29) is 0 Å². The molecule has 1 heterocycles. The molecule has 0 atom stereocenters. The molecule has 1 N–H and O–H groups in total. The third kappa shape index (κ3) is 2.12. The minimum absolute atomic E-state index is 0.488. The Hall–Kier alpha value is -0.700. The van der Waals surface area contributed by atoms with E-state index >= 15 is 0 Å². The zero-order valence-electron chi connectivity index (χ0n) is 7.81. The largest absolute Gasteiger partial charge is 0.342 e. The molecule has 0 spiro atoms. The lowest BCUT2D eigenvalue weighted by Crippen LogP contribution is -1.84. The van der Waals surface area contributed by atoms with Crippen molar-refractivity contribution in [2.75, 3.05) is 0 Å². The first-order valence-corrected chi connectivity index (χ1v) is 5.38. The topological polar surface area (TPSA) is 28.7 Å². The molecule has 2 nitrogen and oxygen atoms in total. The van der Waals surface area contributed by atoms with Crippen molar-refractivity contribution in [1.29, 1.82) is 0 Å². The third-order valence-electron chi connectivity index (χ3n) is 1.95. The predicted octanol–water partition coefficient (Wildman–Crippen LogP) is 4.35. The third-order valence-corrected chi connectivity index (χ3v) is 2.76. The van der Waals surface area contributed by atoms with Gasteiger partial charge in [0.15, 0.2) is 0 Å². The Bertz CT molecular complexity index is 482. The number of imidazole rings is 1. The maximum atomic E-state index is 6.05. The highest BCUT2D eigenvalue weighted by atomic mass is 35.5. The minimum atomic E-state index is 0.488. The molecule has 1 aromatic carbocycles. The van der Waals surface area contributed by atoms with Gasteiger partial charge in [0, 0.05) is 16.9 Å². The first-order chi connectivity index (χ1) is 7.08. The maximum Gasteiger partial charge on any atom is 0.140 e. The van der Waals surface area contributed by atoms with Gasteiger partial charge in [-0.15, -0.1) is 0 Å². The molecule has 2 rings (SSSR count). The van der Waals surface area contributed by atoms with Gasteiger partial charge >= 0.3 is 0 Å². The van der Waals surface area contributed by atoms with Crippen LogP contribution in [0.2, 0.25) is 15.1 Å². The molecule has 0 bridgehead atoms. The Kier molecular flexibility index (Phi) is 2.91. The molecule has 0 unspecified atom stereocenters. The zero-order valence-corrected chi connectivity index (χ0v) is 10.1. The minimum Gasteiger partial charge on any atom is -0.342 e. The van der Waals surface area contributed by atoms with Crippen LogP contribution in [0.5, 0.6) is 0 Å². The summed E-state index contributed by atoms with van der Waals surface area (Å²) in [6, 6.07) is 3.28. The van der Waals surface area contributed by atoms with Crippen molar-refractivity contribution in [3.05, 3.63) is 39.1 Å². The second-order valence-corrected chi connectivity index (χ2v) is 4.41. The molecule has 0 aliphatic rings. The smallest absolute Gasteiger partial charge is 0.140 e. The summed E-state index contributed by atoms with van der Waals surface area (Å²) in [7, 11) is 0. The van der Waals surface area contributed by atoms with E-state index in [9.17, 15) is 0 Å². The number of aromatic amines is 1. The van der Waals surface area contributed by atoms with Crippen LogP contribution in [0.4, 0.5) is 0 Å². The molecule has 0 saturated heterocycles. The lowest BCUT2D eigenvalue weighted by Gasteiger charge is -2.04. The molecule has 0 radical (unpaired) electrons. The number of nitrogens with one attached hydrogen (secondary N) is 1. The highest BCUT2D eigenvalue weighted by Crippen LogP contribution is 2.35. The summed E-state index contributed by atoms with van der Waals surface area (Å²) in [5.41, 5.74) is 1.63. The first-order valence-electron chi connectivity index (χ1n) is 4.24.